The van der Waals surface area contributed by atoms with Crippen molar-refractivity contribution in [2.24, 2.45) is 0 Å². The number of nitrogens with zero attached hydrogens (tertiary/aromatic N) is 3. The Kier molecular flexibility index (Phi) is 10.4. The number of carbonyl (C=O) groups excluding carboxylic acids is 2. The maximum atomic E-state index is 11.5. The van der Waals surface area contributed by atoms with Gasteiger partial charge in [0.05, 0.1) is 24.8 Å². The fourth-order valence-electron chi connectivity index (χ4n) is 3.88. The minimum absolute atomic E-state index is 0.0183. The van der Waals surface area contributed by atoms with Crippen LogP contribution >= 0.6 is 0 Å². The van der Waals surface area contributed by atoms with Crippen molar-refractivity contribution in [1.82, 2.24) is 15.0 Å². The third-order valence-electron chi connectivity index (χ3n) is 5.97. The Balaban J connectivity index is 1.63. The van der Waals surface area contributed by atoms with Crippen molar-refractivity contribution in [2.75, 3.05) is 40.6 Å². The molecule has 0 bridgehead atoms. The smallest absolute Gasteiger partial charge is 0.313 e. The van der Waals surface area contributed by atoms with Gasteiger partial charge in [-0.2, -0.15) is 0 Å². The molecule has 1 heterocycles. The monoisotopic (exact) mass is 589 g/mol. The Labute approximate surface area is 247 Å². The number of esters is 1. The molecule has 4 rings (SSSR count). The van der Waals surface area contributed by atoms with Crippen molar-refractivity contribution in [1.29, 1.82) is 0 Å². The molecule has 12 heteroatoms. The molecule has 1 aromatic heterocycles. The van der Waals surface area contributed by atoms with Crippen molar-refractivity contribution in [2.45, 2.75) is 13.3 Å². The molecule has 0 aliphatic rings. The second-order valence-corrected chi connectivity index (χ2v) is 9.18. The second kappa shape index (κ2) is 14.6. The SMILES string of the molecule is COCCOc1ccc(-c2nc(-c3ccc(OC)cc3)nc(-c3ccc(OCCOC(=O)CC(C)=O)cc3O)n2)c(O)c1. The first-order valence-electron chi connectivity index (χ1n) is 13.2. The van der Waals surface area contributed by atoms with Gasteiger partial charge in [-0.05, 0) is 55.5 Å². The van der Waals surface area contributed by atoms with Crippen molar-refractivity contribution in [3.05, 3.63) is 60.7 Å². The molecule has 0 fully saturated rings. The van der Waals surface area contributed by atoms with E-state index in [9.17, 15) is 19.8 Å². The summed E-state index contributed by atoms with van der Waals surface area (Å²) in [4.78, 5) is 36.3. The molecule has 0 unspecified atom stereocenters. The van der Waals surface area contributed by atoms with Gasteiger partial charge in [-0.15, -0.1) is 0 Å². The summed E-state index contributed by atoms with van der Waals surface area (Å²) in [5.74, 6) is 0.840. The van der Waals surface area contributed by atoms with Crippen molar-refractivity contribution < 1.29 is 43.5 Å². The Morgan fingerprint density at radius 3 is 1.67 bits per heavy atom. The summed E-state index contributed by atoms with van der Waals surface area (Å²) in [6.45, 7) is 1.97. The first-order valence-corrected chi connectivity index (χ1v) is 13.2. The van der Waals surface area contributed by atoms with Gasteiger partial charge in [0.25, 0.3) is 0 Å². The number of carbonyl (C=O) groups is 2. The highest BCUT2D eigenvalue weighted by Gasteiger charge is 2.18. The lowest BCUT2D eigenvalue weighted by atomic mass is 10.1. The zero-order valence-electron chi connectivity index (χ0n) is 23.9. The number of hydrogen-bond donors (Lipinski definition) is 2. The summed E-state index contributed by atoms with van der Waals surface area (Å²) in [5.41, 5.74) is 1.28. The topological polar surface area (TPSA) is 159 Å². The zero-order chi connectivity index (χ0) is 30.8. The van der Waals surface area contributed by atoms with Crippen LogP contribution in [0.1, 0.15) is 13.3 Å². The van der Waals surface area contributed by atoms with Crippen LogP contribution in [0.25, 0.3) is 34.2 Å². The van der Waals surface area contributed by atoms with E-state index in [0.717, 1.165) is 0 Å². The van der Waals surface area contributed by atoms with Crippen LogP contribution in [0, 0.1) is 0 Å². The highest BCUT2D eigenvalue weighted by Crippen LogP contribution is 2.35. The quantitative estimate of drug-likeness (QED) is 0.123. The first kappa shape index (κ1) is 30.7. The number of phenols is 2. The largest absolute Gasteiger partial charge is 0.507 e. The second-order valence-electron chi connectivity index (χ2n) is 9.18. The van der Waals surface area contributed by atoms with Crippen LogP contribution in [0.15, 0.2) is 60.7 Å². The average Bonchev–Trinajstić information content (AvgIpc) is 2.99. The van der Waals surface area contributed by atoms with E-state index in [-0.39, 0.29) is 54.1 Å². The normalized spacial score (nSPS) is 10.7. The number of hydrogen-bond acceptors (Lipinski definition) is 12. The fraction of sp³-hybridized carbons (Fsp3) is 0.258. The Hall–Kier alpha value is -5.23. The Morgan fingerprint density at radius 2 is 1.19 bits per heavy atom. The molecule has 0 amide bonds. The van der Waals surface area contributed by atoms with E-state index in [1.807, 2.05) is 0 Å². The lowest BCUT2D eigenvalue weighted by molar-refractivity contribution is -0.146. The zero-order valence-corrected chi connectivity index (χ0v) is 23.9. The van der Waals surface area contributed by atoms with E-state index in [2.05, 4.69) is 15.0 Å². The molecule has 0 aliphatic carbocycles. The van der Waals surface area contributed by atoms with E-state index in [1.54, 1.807) is 62.8 Å². The standard InChI is InChI=1S/C31H31N3O9/c1-19(35)16-28(38)43-15-14-42-23-9-11-25(27(37)18-23)31-33-29(20-4-6-21(40-3)7-5-20)32-30(34-31)24-10-8-22(17-26(24)36)41-13-12-39-2/h4-11,17-18,36-37H,12-16H2,1-3H3. The van der Waals surface area contributed by atoms with Gasteiger partial charge < -0.3 is 33.9 Å². The molecule has 2 N–H and O–H groups in total. The van der Waals surface area contributed by atoms with Gasteiger partial charge >= 0.3 is 5.97 Å². The van der Waals surface area contributed by atoms with E-state index in [1.165, 1.54) is 19.1 Å². The van der Waals surface area contributed by atoms with E-state index in [4.69, 9.17) is 23.7 Å². The molecule has 4 aromatic rings. The van der Waals surface area contributed by atoms with Crippen molar-refractivity contribution in [3.63, 3.8) is 0 Å². The molecule has 12 nitrogen and oxygen atoms in total. The molecule has 43 heavy (non-hydrogen) atoms. The highest BCUT2D eigenvalue weighted by molar-refractivity contribution is 5.94. The van der Waals surface area contributed by atoms with Crippen LogP contribution in [0.2, 0.25) is 0 Å². The van der Waals surface area contributed by atoms with Gasteiger partial charge in [-0.1, -0.05) is 0 Å². The van der Waals surface area contributed by atoms with Crippen LogP contribution in [-0.2, 0) is 19.1 Å². The number of aromatic nitrogens is 3. The molecule has 224 valence electrons. The highest BCUT2D eigenvalue weighted by atomic mass is 16.6. The maximum absolute atomic E-state index is 11.5. The molecule has 0 aliphatic heterocycles. The number of Topliss-reactive ketones (excluding diaryl/α,β-unsaturated/α-hetero) is 1. The number of benzene rings is 3. The van der Waals surface area contributed by atoms with E-state index < -0.39 is 5.97 Å². The van der Waals surface area contributed by atoms with Crippen LogP contribution in [0.5, 0.6) is 28.7 Å². The summed E-state index contributed by atoms with van der Waals surface area (Å²) in [6, 6.07) is 16.4. The minimum Gasteiger partial charge on any atom is -0.507 e. The molecule has 0 spiro atoms. The number of methoxy groups -OCH3 is 2. The fourth-order valence-corrected chi connectivity index (χ4v) is 3.88. The lowest BCUT2D eigenvalue weighted by Crippen LogP contribution is -2.14. The maximum Gasteiger partial charge on any atom is 0.313 e. The van der Waals surface area contributed by atoms with Crippen LogP contribution < -0.4 is 14.2 Å². The first-order chi connectivity index (χ1) is 20.8. The average molecular weight is 590 g/mol. The molecular weight excluding hydrogens is 558 g/mol. The number of aromatic hydroxyl groups is 2. The number of rotatable bonds is 14. The van der Waals surface area contributed by atoms with Crippen LogP contribution in [0.3, 0.4) is 0 Å². The third kappa shape index (κ3) is 8.39. The predicted octanol–water partition coefficient (Wildman–Crippen LogP) is 4.22. The van der Waals surface area contributed by atoms with Crippen molar-refractivity contribution >= 4 is 11.8 Å². The van der Waals surface area contributed by atoms with Crippen LogP contribution in [0.4, 0.5) is 0 Å². The van der Waals surface area contributed by atoms with Crippen LogP contribution in [-0.4, -0.2) is 77.6 Å². The van der Waals surface area contributed by atoms with Crippen molar-refractivity contribution in [3.8, 4) is 62.9 Å². The Bertz CT molecular complexity index is 1580. The summed E-state index contributed by atoms with van der Waals surface area (Å²) in [5, 5.41) is 21.7. The van der Waals surface area contributed by atoms with E-state index >= 15 is 0 Å². The molecule has 0 saturated heterocycles. The molecule has 0 radical (unpaired) electrons. The summed E-state index contributed by atoms with van der Waals surface area (Å²) < 4.78 is 26.3. The Morgan fingerprint density at radius 1 is 0.674 bits per heavy atom. The number of phenolic OH excluding ortho intramolecular Hbond substituents is 2. The minimum atomic E-state index is -0.633. The summed E-state index contributed by atoms with van der Waals surface area (Å²) >= 11 is 0. The third-order valence-corrected chi connectivity index (χ3v) is 5.97. The number of ether oxygens (including phenoxy) is 5. The number of ketones is 1. The van der Waals surface area contributed by atoms with Gasteiger partial charge in [0.1, 0.15) is 60.8 Å². The summed E-state index contributed by atoms with van der Waals surface area (Å²) in [7, 11) is 3.14. The molecule has 3 aromatic carbocycles. The summed E-state index contributed by atoms with van der Waals surface area (Å²) in [6.07, 6.45) is -0.300. The molecular formula is C31H31N3O9. The van der Waals surface area contributed by atoms with Gasteiger partial charge in [-0.25, -0.2) is 15.0 Å². The molecule has 0 saturated carbocycles. The van der Waals surface area contributed by atoms with Gasteiger partial charge in [0.2, 0.25) is 0 Å². The van der Waals surface area contributed by atoms with E-state index in [0.29, 0.717) is 47.4 Å². The van der Waals surface area contributed by atoms with Gasteiger partial charge in [0.15, 0.2) is 17.5 Å². The predicted molar refractivity (Wildman–Crippen MR) is 155 cm³/mol. The lowest BCUT2D eigenvalue weighted by Gasteiger charge is -2.12. The van der Waals surface area contributed by atoms with Gasteiger partial charge in [-0.3, -0.25) is 9.59 Å². The van der Waals surface area contributed by atoms with Gasteiger partial charge in [0, 0.05) is 24.8 Å². The molecule has 0 atom stereocenters.